The number of rotatable bonds is 0. The molecular weight excluding hydrogens is 222 g/mol. The Balaban J connectivity index is 1.95. The summed E-state index contributed by atoms with van der Waals surface area (Å²) in [6.45, 7) is 7.08. The molecule has 5 heteroatoms. The third-order valence-corrected chi connectivity index (χ3v) is 3.15. The lowest BCUT2D eigenvalue weighted by atomic mass is 9.88. The molecule has 0 bridgehead atoms. The first kappa shape index (κ1) is 12.2. The van der Waals surface area contributed by atoms with E-state index in [1.165, 1.54) is 0 Å². The Hall–Kier alpha value is -1.26. The van der Waals surface area contributed by atoms with Crippen molar-refractivity contribution < 1.29 is 19.1 Å². The average molecular weight is 241 g/mol. The van der Waals surface area contributed by atoms with Gasteiger partial charge in [-0.2, -0.15) is 0 Å². The highest BCUT2D eigenvalue weighted by Crippen LogP contribution is 2.30. The van der Waals surface area contributed by atoms with E-state index in [2.05, 4.69) is 0 Å². The number of hydrogen-bond acceptors (Lipinski definition) is 4. The maximum absolute atomic E-state index is 11.9. The molecule has 0 aromatic heterocycles. The number of ether oxygens (including phenoxy) is 2. The molecule has 2 unspecified atom stereocenters. The zero-order chi connectivity index (χ0) is 12.6. The van der Waals surface area contributed by atoms with E-state index in [-0.39, 0.29) is 23.9 Å². The fourth-order valence-corrected chi connectivity index (χ4v) is 2.26. The van der Waals surface area contributed by atoms with E-state index in [0.717, 1.165) is 6.42 Å². The summed E-state index contributed by atoms with van der Waals surface area (Å²) in [6, 6.07) is 0. The molecule has 2 rings (SSSR count). The van der Waals surface area contributed by atoms with Crippen molar-refractivity contribution in [3.63, 3.8) is 0 Å². The van der Waals surface area contributed by atoms with Gasteiger partial charge in [0.15, 0.2) is 0 Å². The van der Waals surface area contributed by atoms with Gasteiger partial charge in [0.1, 0.15) is 5.60 Å². The van der Waals surface area contributed by atoms with Crippen molar-refractivity contribution in [1.29, 1.82) is 0 Å². The van der Waals surface area contributed by atoms with Gasteiger partial charge in [0.2, 0.25) is 0 Å². The number of amides is 1. The number of nitrogens with zero attached hydrogens (tertiary/aromatic N) is 1. The minimum atomic E-state index is -0.496. The maximum Gasteiger partial charge on any atom is 0.410 e. The smallest absolute Gasteiger partial charge is 0.410 e. The molecule has 96 valence electrons. The van der Waals surface area contributed by atoms with Gasteiger partial charge in [0.25, 0.3) is 0 Å². The first-order chi connectivity index (χ1) is 7.87. The summed E-state index contributed by atoms with van der Waals surface area (Å²) in [5, 5.41) is 0. The number of cyclic esters (lactones) is 1. The average Bonchev–Trinajstić information content (AvgIpc) is 2.57. The standard InChI is InChI=1S/C12H19NO4/c1-12(2,3)17-11(15)13-5-4-8-7-16-10(14)9(8)6-13/h8-9H,4-7H2,1-3H3. The van der Waals surface area contributed by atoms with E-state index in [0.29, 0.717) is 19.7 Å². The first-order valence-corrected chi connectivity index (χ1v) is 6.01. The van der Waals surface area contributed by atoms with Crippen LogP contribution in [0.2, 0.25) is 0 Å². The molecule has 2 atom stereocenters. The normalized spacial score (nSPS) is 28.6. The predicted octanol–water partition coefficient (Wildman–Crippen LogP) is 1.42. The van der Waals surface area contributed by atoms with Gasteiger partial charge in [-0.05, 0) is 27.2 Å². The van der Waals surface area contributed by atoms with Crippen LogP contribution >= 0.6 is 0 Å². The van der Waals surface area contributed by atoms with E-state index in [1.807, 2.05) is 20.8 Å². The number of fused-ring (bicyclic) bond motifs is 1. The molecule has 2 saturated heterocycles. The monoisotopic (exact) mass is 241 g/mol. The second kappa shape index (κ2) is 4.20. The number of carbonyl (C=O) groups excluding carboxylic acids is 2. The summed E-state index contributed by atoms with van der Waals surface area (Å²) in [4.78, 5) is 24.9. The van der Waals surface area contributed by atoms with Crippen molar-refractivity contribution in [2.24, 2.45) is 11.8 Å². The minimum absolute atomic E-state index is 0.156. The Morgan fingerprint density at radius 1 is 1.47 bits per heavy atom. The molecule has 0 N–H and O–H groups in total. The van der Waals surface area contributed by atoms with Gasteiger partial charge in [-0.15, -0.1) is 0 Å². The molecule has 2 heterocycles. The molecule has 2 aliphatic heterocycles. The molecule has 2 fully saturated rings. The van der Waals surface area contributed by atoms with Crippen LogP contribution in [0.5, 0.6) is 0 Å². The predicted molar refractivity (Wildman–Crippen MR) is 60.4 cm³/mol. The fraction of sp³-hybridized carbons (Fsp3) is 0.833. The number of hydrogen-bond donors (Lipinski definition) is 0. The number of esters is 1. The van der Waals surface area contributed by atoms with Gasteiger partial charge < -0.3 is 14.4 Å². The van der Waals surface area contributed by atoms with Crippen LogP contribution in [0.1, 0.15) is 27.2 Å². The third-order valence-electron chi connectivity index (χ3n) is 3.15. The summed E-state index contributed by atoms with van der Waals surface area (Å²) in [7, 11) is 0. The van der Waals surface area contributed by atoms with Crippen molar-refractivity contribution in [2.75, 3.05) is 19.7 Å². The van der Waals surface area contributed by atoms with E-state index < -0.39 is 5.60 Å². The SMILES string of the molecule is CC(C)(C)OC(=O)N1CCC2COC(=O)C2C1. The van der Waals surface area contributed by atoms with Crippen LogP contribution in [0.25, 0.3) is 0 Å². The van der Waals surface area contributed by atoms with Gasteiger partial charge in [-0.1, -0.05) is 0 Å². The first-order valence-electron chi connectivity index (χ1n) is 6.01. The second-order valence-corrected chi connectivity index (χ2v) is 5.71. The van der Waals surface area contributed by atoms with Gasteiger partial charge >= 0.3 is 12.1 Å². The summed E-state index contributed by atoms with van der Waals surface area (Å²) >= 11 is 0. The van der Waals surface area contributed by atoms with E-state index >= 15 is 0 Å². The van der Waals surface area contributed by atoms with Crippen LogP contribution in [0.3, 0.4) is 0 Å². The fourth-order valence-electron chi connectivity index (χ4n) is 2.26. The summed E-state index contributed by atoms with van der Waals surface area (Å²) in [5.41, 5.74) is -0.496. The highest BCUT2D eigenvalue weighted by atomic mass is 16.6. The Labute approximate surface area is 101 Å². The molecule has 0 radical (unpaired) electrons. The van der Waals surface area contributed by atoms with Crippen molar-refractivity contribution in [1.82, 2.24) is 4.90 Å². The quantitative estimate of drug-likeness (QED) is 0.602. The Morgan fingerprint density at radius 3 is 2.82 bits per heavy atom. The van der Waals surface area contributed by atoms with E-state index in [9.17, 15) is 9.59 Å². The van der Waals surface area contributed by atoms with Gasteiger partial charge in [-0.25, -0.2) is 4.79 Å². The largest absolute Gasteiger partial charge is 0.465 e. The number of piperidine rings is 1. The van der Waals surface area contributed by atoms with Crippen molar-refractivity contribution in [3.05, 3.63) is 0 Å². The lowest BCUT2D eigenvalue weighted by molar-refractivity contribution is -0.141. The highest BCUT2D eigenvalue weighted by molar-refractivity contribution is 5.77. The molecule has 1 amide bonds. The molecule has 0 aromatic rings. The highest BCUT2D eigenvalue weighted by Gasteiger charge is 2.42. The Bertz CT molecular complexity index is 334. The number of likely N-dealkylation sites (tertiary alicyclic amines) is 1. The molecular formula is C12H19NO4. The lowest BCUT2D eigenvalue weighted by Crippen LogP contribution is -2.46. The van der Waals surface area contributed by atoms with Gasteiger partial charge in [-0.3, -0.25) is 4.79 Å². The van der Waals surface area contributed by atoms with Gasteiger partial charge in [0, 0.05) is 19.0 Å². The molecule has 0 saturated carbocycles. The Kier molecular flexibility index (Phi) is 3.02. The molecule has 0 aromatic carbocycles. The van der Waals surface area contributed by atoms with Crippen molar-refractivity contribution >= 4 is 12.1 Å². The van der Waals surface area contributed by atoms with Crippen LogP contribution in [0.4, 0.5) is 4.79 Å². The van der Waals surface area contributed by atoms with Crippen molar-refractivity contribution in [2.45, 2.75) is 32.8 Å². The second-order valence-electron chi connectivity index (χ2n) is 5.71. The Morgan fingerprint density at radius 2 is 2.18 bits per heavy atom. The van der Waals surface area contributed by atoms with E-state index in [4.69, 9.17) is 9.47 Å². The summed E-state index contributed by atoms with van der Waals surface area (Å²) < 4.78 is 10.3. The van der Waals surface area contributed by atoms with Crippen LogP contribution in [-0.2, 0) is 14.3 Å². The van der Waals surface area contributed by atoms with Crippen LogP contribution < -0.4 is 0 Å². The zero-order valence-corrected chi connectivity index (χ0v) is 10.6. The topological polar surface area (TPSA) is 55.8 Å². The molecule has 0 spiro atoms. The van der Waals surface area contributed by atoms with Crippen LogP contribution in [0.15, 0.2) is 0 Å². The third kappa shape index (κ3) is 2.70. The van der Waals surface area contributed by atoms with Crippen LogP contribution in [-0.4, -0.2) is 42.3 Å². The van der Waals surface area contributed by atoms with Crippen molar-refractivity contribution in [3.8, 4) is 0 Å². The lowest BCUT2D eigenvalue weighted by Gasteiger charge is -2.33. The molecule has 0 aliphatic carbocycles. The number of carbonyl (C=O) groups is 2. The summed E-state index contributed by atoms with van der Waals surface area (Å²) in [6.07, 6.45) is 0.478. The van der Waals surface area contributed by atoms with E-state index in [1.54, 1.807) is 4.90 Å². The molecule has 5 nitrogen and oxygen atoms in total. The van der Waals surface area contributed by atoms with Gasteiger partial charge in [0.05, 0.1) is 12.5 Å². The minimum Gasteiger partial charge on any atom is -0.465 e. The molecule has 2 aliphatic rings. The molecule has 17 heavy (non-hydrogen) atoms. The zero-order valence-electron chi connectivity index (χ0n) is 10.6. The maximum atomic E-state index is 11.9. The summed E-state index contributed by atoms with van der Waals surface area (Å²) in [5.74, 6) is -0.0549. The van der Waals surface area contributed by atoms with Crippen LogP contribution in [0, 0.1) is 11.8 Å².